The quantitative estimate of drug-likeness (QED) is 0.879. The molecule has 1 aromatic carbocycles. The maximum atomic E-state index is 10.3. The van der Waals surface area contributed by atoms with E-state index in [4.69, 9.17) is 11.6 Å². The fraction of sp³-hybridized carbons (Fsp3) is 0.600. The predicted octanol–water partition coefficient (Wildman–Crippen LogP) is 3.62. The first-order valence-corrected chi connectivity index (χ1v) is 7.09. The van der Waals surface area contributed by atoms with Crippen LogP contribution in [0.3, 0.4) is 0 Å². The molecular formula is C15H21ClO2. The van der Waals surface area contributed by atoms with Gasteiger partial charge >= 0.3 is 0 Å². The third-order valence-electron chi connectivity index (χ3n) is 3.99. The Hall–Kier alpha value is -0.570. The molecule has 0 amide bonds. The molecule has 2 atom stereocenters. The normalized spacial score (nSPS) is 20.7. The molecule has 0 bridgehead atoms. The van der Waals surface area contributed by atoms with Gasteiger partial charge in [-0.05, 0) is 42.9 Å². The van der Waals surface area contributed by atoms with Crippen molar-refractivity contribution in [2.75, 3.05) is 0 Å². The fourth-order valence-electron chi connectivity index (χ4n) is 2.72. The summed E-state index contributed by atoms with van der Waals surface area (Å²) in [6.45, 7) is 1.93. The zero-order valence-corrected chi connectivity index (χ0v) is 11.5. The first-order valence-electron chi connectivity index (χ1n) is 6.72. The van der Waals surface area contributed by atoms with Gasteiger partial charge in [0.25, 0.3) is 0 Å². The number of aryl methyl sites for hydroxylation is 1. The first kappa shape index (κ1) is 13.9. The lowest BCUT2D eigenvalue weighted by Gasteiger charge is -2.30. The number of halogens is 1. The number of aliphatic hydroxyl groups excluding tert-OH is 2. The van der Waals surface area contributed by atoms with Crippen LogP contribution in [0.1, 0.15) is 49.3 Å². The second-order valence-electron chi connectivity index (χ2n) is 5.34. The summed E-state index contributed by atoms with van der Waals surface area (Å²) >= 11 is 6.06. The highest BCUT2D eigenvalue weighted by Gasteiger charge is 2.28. The Kier molecular flexibility index (Phi) is 4.66. The monoisotopic (exact) mass is 268 g/mol. The standard InChI is InChI=1S/C15H21ClO2/c1-10-7-8-12(9-13(10)16)15(18)14(17)11-5-3-2-4-6-11/h7-9,11,14-15,17-18H,2-6H2,1H3. The Morgan fingerprint density at radius 1 is 1.17 bits per heavy atom. The fourth-order valence-corrected chi connectivity index (χ4v) is 2.91. The molecule has 1 saturated carbocycles. The molecule has 0 aromatic heterocycles. The van der Waals surface area contributed by atoms with Crippen molar-refractivity contribution in [1.29, 1.82) is 0 Å². The summed E-state index contributed by atoms with van der Waals surface area (Å²) in [7, 11) is 0. The van der Waals surface area contributed by atoms with Crippen LogP contribution in [-0.2, 0) is 0 Å². The van der Waals surface area contributed by atoms with Gasteiger partial charge in [0.2, 0.25) is 0 Å². The molecule has 2 unspecified atom stereocenters. The molecule has 0 aliphatic heterocycles. The van der Waals surface area contributed by atoms with Gasteiger partial charge in [0.05, 0.1) is 6.10 Å². The molecule has 1 fully saturated rings. The summed E-state index contributed by atoms with van der Waals surface area (Å²) in [5, 5.41) is 21.2. The van der Waals surface area contributed by atoms with Crippen LogP contribution in [0.25, 0.3) is 0 Å². The van der Waals surface area contributed by atoms with E-state index >= 15 is 0 Å². The molecule has 3 heteroatoms. The molecule has 0 saturated heterocycles. The van der Waals surface area contributed by atoms with Crippen LogP contribution in [0, 0.1) is 12.8 Å². The van der Waals surface area contributed by atoms with E-state index in [1.165, 1.54) is 6.42 Å². The van der Waals surface area contributed by atoms with E-state index < -0.39 is 12.2 Å². The van der Waals surface area contributed by atoms with Gasteiger partial charge in [0.1, 0.15) is 6.10 Å². The largest absolute Gasteiger partial charge is 0.390 e. The predicted molar refractivity (Wildman–Crippen MR) is 73.7 cm³/mol. The Balaban J connectivity index is 2.09. The Labute approximate surface area is 114 Å². The van der Waals surface area contributed by atoms with Crippen molar-refractivity contribution in [3.8, 4) is 0 Å². The molecule has 0 radical (unpaired) electrons. The van der Waals surface area contributed by atoms with E-state index in [9.17, 15) is 10.2 Å². The second-order valence-corrected chi connectivity index (χ2v) is 5.75. The summed E-state index contributed by atoms with van der Waals surface area (Å²) in [5.41, 5.74) is 1.70. The van der Waals surface area contributed by atoms with E-state index in [0.717, 1.165) is 31.2 Å². The van der Waals surface area contributed by atoms with Crippen molar-refractivity contribution in [2.45, 2.75) is 51.2 Å². The van der Waals surface area contributed by atoms with E-state index in [2.05, 4.69) is 0 Å². The van der Waals surface area contributed by atoms with Crippen LogP contribution in [0.4, 0.5) is 0 Å². The summed E-state index contributed by atoms with van der Waals surface area (Å²) in [6, 6.07) is 5.49. The summed E-state index contributed by atoms with van der Waals surface area (Å²) in [6.07, 6.45) is 4.08. The average Bonchev–Trinajstić information content (AvgIpc) is 2.41. The van der Waals surface area contributed by atoms with Crippen molar-refractivity contribution < 1.29 is 10.2 Å². The molecule has 1 aliphatic rings. The average molecular weight is 269 g/mol. The van der Waals surface area contributed by atoms with Crippen LogP contribution in [0.5, 0.6) is 0 Å². The number of hydrogen-bond donors (Lipinski definition) is 2. The summed E-state index contributed by atoms with van der Waals surface area (Å²) in [4.78, 5) is 0. The number of rotatable bonds is 3. The highest BCUT2D eigenvalue weighted by atomic mass is 35.5. The molecule has 1 aliphatic carbocycles. The lowest BCUT2D eigenvalue weighted by atomic mass is 9.82. The molecule has 2 rings (SSSR count). The van der Waals surface area contributed by atoms with E-state index in [-0.39, 0.29) is 5.92 Å². The van der Waals surface area contributed by atoms with Gasteiger partial charge in [0.15, 0.2) is 0 Å². The van der Waals surface area contributed by atoms with Crippen molar-refractivity contribution >= 4 is 11.6 Å². The maximum Gasteiger partial charge on any atom is 0.105 e. The number of hydrogen-bond acceptors (Lipinski definition) is 2. The molecule has 2 N–H and O–H groups in total. The summed E-state index contributed by atoms with van der Waals surface area (Å²) < 4.78 is 0. The molecule has 0 heterocycles. The molecule has 100 valence electrons. The maximum absolute atomic E-state index is 10.3. The van der Waals surface area contributed by atoms with Gasteiger partial charge in [-0.25, -0.2) is 0 Å². The number of aliphatic hydroxyl groups is 2. The first-order chi connectivity index (χ1) is 8.59. The SMILES string of the molecule is Cc1ccc(C(O)C(O)C2CCCCC2)cc1Cl. The smallest absolute Gasteiger partial charge is 0.105 e. The van der Waals surface area contributed by atoms with Crippen LogP contribution in [0.15, 0.2) is 18.2 Å². The minimum atomic E-state index is -0.828. The van der Waals surface area contributed by atoms with Gasteiger partial charge in [-0.2, -0.15) is 0 Å². The van der Waals surface area contributed by atoms with Gasteiger partial charge in [-0.1, -0.05) is 43.0 Å². The molecular weight excluding hydrogens is 248 g/mol. The molecule has 0 spiro atoms. The van der Waals surface area contributed by atoms with Crippen LogP contribution >= 0.6 is 11.6 Å². The highest BCUT2D eigenvalue weighted by molar-refractivity contribution is 6.31. The Bertz CT molecular complexity index is 399. The van der Waals surface area contributed by atoms with Gasteiger partial charge in [-0.3, -0.25) is 0 Å². The Morgan fingerprint density at radius 3 is 2.44 bits per heavy atom. The zero-order valence-electron chi connectivity index (χ0n) is 10.8. The minimum Gasteiger partial charge on any atom is -0.390 e. The van der Waals surface area contributed by atoms with Gasteiger partial charge in [-0.15, -0.1) is 0 Å². The Morgan fingerprint density at radius 2 is 1.83 bits per heavy atom. The van der Waals surface area contributed by atoms with E-state index in [0.29, 0.717) is 10.6 Å². The highest BCUT2D eigenvalue weighted by Crippen LogP contribution is 2.33. The lowest BCUT2D eigenvalue weighted by Crippen LogP contribution is -2.29. The third kappa shape index (κ3) is 3.05. The lowest BCUT2D eigenvalue weighted by molar-refractivity contribution is -0.0285. The molecule has 18 heavy (non-hydrogen) atoms. The van der Waals surface area contributed by atoms with E-state index in [1.54, 1.807) is 6.07 Å². The van der Waals surface area contributed by atoms with Crippen molar-refractivity contribution in [3.05, 3.63) is 34.3 Å². The topological polar surface area (TPSA) is 40.5 Å². The summed E-state index contributed by atoms with van der Waals surface area (Å²) in [5.74, 6) is 0.217. The van der Waals surface area contributed by atoms with Crippen molar-refractivity contribution in [3.63, 3.8) is 0 Å². The molecule has 1 aromatic rings. The minimum absolute atomic E-state index is 0.217. The van der Waals surface area contributed by atoms with Crippen LogP contribution < -0.4 is 0 Å². The van der Waals surface area contributed by atoms with Gasteiger partial charge in [0, 0.05) is 5.02 Å². The van der Waals surface area contributed by atoms with Crippen LogP contribution in [-0.4, -0.2) is 16.3 Å². The third-order valence-corrected chi connectivity index (χ3v) is 4.40. The van der Waals surface area contributed by atoms with Crippen molar-refractivity contribution in [2.24, 2.45) is 5.92 Å². The zero-order chi connectivity index (χ0) is 13.1. The second kappa shape index (κ2) is 6.05. The van der Waals surface area contributed by atoms with E-state index in [1.807, 2.05) is 19.1 Å². The van der Waals surface area contributed by atoms with Crippen LogP contribution in [0.2, 0.25) is 5.02 Å². The molecule has 2 nitrogen and oxygen atoms in total. The van der Waals surface area contributed by atoms with Crippen molar-refractivity contribution in [1.82, 2.24) is 0 Å². The number of benzene rings is 1. The van der Waals surface area contributed by atoms with Gasteiger partial charge < -0.3 is 10.2 Å².